The van der Waals surface area contributed by atoms with Gasteiger partial charge in [-0.1, -0.05) is 0 Å². The molecule has 1 aromatic heterocycles. The molecule has 1 aliphatic rings. The lowest BCUT2D eigenvalue weighted by molar-refractivity contribution is 0.548. The van der Waals surface area contributed by atoms with E-state index >= 15 is 0 Å². The molecule has 1 saturated heterocycles. The van der Waals surface area contributed by atoms with Crippen LogP contribution in [0.4, 0.5) is 0 Å². The van der Waals surface area contributed by atoms with Crippen LogP contribution in [0.25, 0.3) is 0 Å². The number of aromatic nitrogens is 2. The van der Waals surface area contributed by atoms with Crippen LogP contribution in [0.1, 0.15) is 18.2 Å². The zero-order valence-corrected chi connectivity index (χ0v) is 7.47. The van der Waals surface area contributed by atoms with Gasteiger partial charge in [-0.2, -0.15) is 11.8 Å². The number of thioether (sulfide) groups is 1. The minimum Gasteiger partial charge on any atom is -0.331 e. The molecule has 0 aliphatic carbocycles. The summed E-state index contributed by atoms with van der Waals surface area (Å²) in [5.74, 6) is 2.57. The highest BCUT2D eigenvalue weighted by Crippen LogP contribution is 2.28. The van der Waals surface area contributed by atoms with Crippen LogP contribution in [-0.4, -0.2) is 21.1 Å². The van der Waals surface area contributed by atoms with E-state index in [-0.39, 0.29) is 0 Å². The topological polar surface area (TPSA) is 17.8 Å². The van der Waals surface area contributed by atoms with E-state index in [1.54, 1.807) is 0 Å². The van der Waals surface area contributed by atoms with Crippen LogP contribution < -0.4 is 0 Å². The summed E-state index contributed by atoms with van der Waals surface area (Å²) in [6.45, 7) is 2.12. The zero-order valence-electron chi connectivity index (χ0n) is 6.66. The average molecular weight is 168 g/mol. The van der Waals surface area contributed by atoms with Crippen LogP contribution in [0.15, 0.2) is 12.5 Å². The summed E-state index contributed by atoms with van der Waals surface area (Å²) in [6, 6.07) is 0.711. The molecule has 0 radical (unpaired) electrons. The molecule has 2 rings (SSSR count). The highest BCUT2D eigenvalue weighted by Gasteiger charge is 2.17. The Morgan fingerprint density at radius 1 is 1.73 bits per heavy atom. The molecule has 11 heavy (non-hydrogen) atoms. The molecule has 1 aliphatic heterocycles. The second kappa shape index (κ2) is 2.89. The molecular weight excluding hydrogens is 156 g/mol. The van der Waals surface area contributed by atoms with Gasteiger partial charge in [-0.3, -0.25) is 0 Å². The fourth-order valence-electron chi connectivity index (χ4n) is 1.49. The SMILES string of the molecule is Cc1cncn1C1CCSC1. The first-order chi connectivity index (χ1) is 5.38. The van der Waals surface area contributed by atoms with Crippen molar-refractivity contribution in [1.82, 2.24) is 9.55 Å². The molecule has 1 aromatic rings. The number of hydrogen-bond acceptors (Lipinski definition) is 2. The van der Waals surface area contributed by atoms with Gasteiger partial charge in [0, 0.05) is 23.7 Å². The summed E-state index contributed by atoms with van der Waals surface area (Å²) in [4.78, 5) is 4.12. The molecule has 2 heterocycles. The van der Waals surface area contributed by atoms with Crippen LogP contribution in [0.3, 0.4) is 0 Å². The molecule has 0 spiro atoms. The molecule has 0 N–H and O–H groups in total. The summed E-state index contributed by atoms with van der Waals surface area (Å²) < 4.78 is 2.29. The Bertz CT molecular complexity index is 238. The minimum absolute atomic E-state index is 0.711. The Morgan fingerprint density at radius 2 is 2.64 bits per heavy atom. The Labute approximate surface area is 71.0 Å². The Hall–Kier alpha value is -0.440. The summed E-state index contributed by atoms with van der Waals surface area (Å²) in [6.07, 6.45) is 5.19. The Kier molecular flexibility index (Phi) is 1.90. The molecule has 1 atom stereocenters. The second-order valence-electron chi connectivity index (χ2n) is 2.96. The first kappa shape index (κ1) is 7.22. The molecule has 0 amide bonds. The molecule has 0 saturated carbocycles. The van der Waals surface area contributed by atoms with Gasteiger partial charge in [0.1, 0.15) is 0 Å². The molecule has 0 aromatic carbocycles. The summed E-state index contributed by atoms with van der Waals surface area (Å²) in [5.41, 5.74) is 1.29. The number of hydrogen-bond donors (Lipinski definition) is 0. The maximum atomic E-state index is 4.12. The van der Waals surface area contributed by atoms with Crippen LogP contribution in [0.2, 0.25) is 0 Å². The molecule has 3 heteroatoms. The van der Waals surface area contributed by atoms with Gasteiger partial charge in [0.2, 0.25) is 0 Å². The van der Waals surface area contributed by atoms with Crippen molar-refractivity contribution in [1.29, 1.82) is 0 Å². The van der Waals surface area contributed by atoms with Crippen molar-refractivity contribution in [2.45, 2.75) is 19.4 Å². The quantitative estimate of drug-likeness (QED) is 0.637. The monoisotopic (exact) mass is 168 g/mol. The van der Waals surface area contributed by atoms with Crippen molar-refractivity contribution in [3.63, 3.8) is 0 Å². The summed E-state index contributed by atoms with van der Waals surface area (Å²) in [5, 5.41) is 0. The normalized spacial score (nSPS) is 24.3. The van der Waals surface area contributed by atoms with Crippen molar-refractivity contribution in [2.24, 2.45) is 0 Å². The van der Waals surface area contributed by atoms with Crippen molar-refractivity contribution in [3.05, 3.63) is 18.2 Å². The van der Waals surface area contributed by atoms with Crippen LogP contribution in [0.5, 0.6) is 0 Å². The average Bonchev–Trinajstić information content (AvgIpc) is 2.55. The van der Waals surface area contributed by atoms with Crippen molar-refractivity contribution in [2.75, 3.05) is 11.5 Å². The number of rotatable bonds is 1. The van der Waals surface area contributed by atoms with Crippen molar-refractivity contribution < 1.29 is 0 Å². The highest BCUT2D eigenvalue weighted by atomic mass is 32.2. The standard InChI is InChI=1S/C8H12N2S/c1-7-4-9-6-10(7)8-2-3-11-5-8/h4,6,8H,2-3,5H2,1H3. The van der Waals surface area contributed by atoms with Crippen molar-refractivity contribution >= 4 is 11.8 Å². The van der Waals surface area contributed by atoms with E-state index in [4.69, 9.17) is 0 Å². The lowest BCUT2D eigenvalue weighted by Gasteiger charge is -2.11. The van der Waals surface area contributed by atoms with Gasteiger partial charge in [0.25, 0.3) is 0 Å². The van der Waals surface area contributed by atoms with E-state index in [9.17, 15) is 0 Å². The van der Waals surface area contributed by atoms with Gasteiger partial charge in [-0.15, -0.1) is 0 Å². The van der Waals surface area contributed by atoms with E-state index in [2.05, 4.69) is 16.5 Å². The van der Waals surface area contributed by atoms with Crippen LogP contribution in [-0.2, 0) is 0 Å². The van der Waals surface area contributed by atoms with E-state index in [1.807, 2.05) is 24.3 Å². The third-order valence-electron chi connectivity index (χ3n) is 2.16. The van der Waals surface area contributed by atoms with Gasteiger partial charge < -0.3 is 4.57 Å². The highest BCUT2D eigenvalue weighted by molar-refractivity contribution is 7.99. The third-order valence-corrected chi connectivity index (χ3v) is 3.30. The molecule has 1 fully saturated rings. The molecule has 0 bridgehead atoms. The molecule has 2 nitrogen and oxygen atoms in total. The van der Waals surface area contributed by atoms with E-state index < -0.39 is 0 Å². The first-order valence-electron chi connectivity index (χ1n) is 3.94. The summed E-state index contributed by atoms with van der Waals surface area (Å²) >= 11 is 2.04. The number of nitrogens with zero attached hydrogens (tertiary/aromatic N) is 2. The van der Waals surface area contributed by atoms with E-state index in [0.29, 0.717) is 6.04 Å². The Balaban J connectivity index is 2.21. The van der Waals surface area contributed by atoms with Gasteiger partial charge >= 0.3 is 0 Å². The zero-order chi connectivity index (χ0) is 7.68. The fraction of sp³-hybridized carbons (Fsp3) is 0.625. The smallest absolute Gasteiger partial charge is 0.0950 e. The lowest BCUT2D eigenvalue weighted by atomic mass is 10.2. The Morgan fingerprint density at radius 3 is 3.18 bits per heavy atom. The molecular formula is C8H12N2S. The summed E-state index contributed by atoms with van der Waals surface area (Å²) in [7, 11) is 0. The molecule has 1 unspecified atom stereocenters. The maximum absolute atomic E-state index is 4.12. The van der Waals surface area contributed by atoms with Gasteiger partial charge in [-0.25, -0.2) is 4.98 Å². The second-order valence-corrected chi connectivity index (χ2v) is 4.11. The number of aryl methyl sites for hydroxylation is 1. The third kappa shape index (κ3) is 1.29. The molecule has 60 valence electrons. The first-order valence-corrected chi connectivity index (χ1v) is 5.09. The van der Waals surface area contributed by atoms with E-state index in [1.165, 1.54) is 23.6 Å². The van der Waals surface area contributed by atoms with Crippen molar-refractivity contribution in [3.8, 4) is 0 Å². The lowest BCUT2D eigenvalue weighted by Crippen LogP contribution is -2.07. The fourth-order valence-corrected chi connectivity index (χ4v) is 2.70. The van der Waals surface area contributed by atoms with Crippen LogP contribution >= 0.6 is 11.8 Å². The maximum Gasteiger partial charge on any atom is 0.0950 e. The minimum atomic E-state index is 0.711. The van der Waals surface area contributed by atoms with Gasteiger partial charge in [0.15, 0.2) is 0 Å². The van der Waals surface area contributed by atoms with E-state index in [0.717, 1.165) is 0 Å². The predicted molar refractivity (Wildman–Crippen MR) is 47.9 cm³/mol. The number of imidazole rings is 1. The van der Waals surface area contributed by atoms with Gasteiger partial charge in [0.05, 0.1) is 6.33 Å². The predicted octanol–water partition coefficient (Wildman–Crippen LogP) is 1.87. The van der Waals surface area contributed by atoms with Crippen LogP contribution in [0, 0.1) is 6.92 Å². The largest absolute Gasteiger partial charge is 0.331 e. The van der Waals surface area contributed by atoms with Gasteiger partial charge in [-0.05, 0) is 19.1 Å².